The number of carbonyl (C=O) groups excluding carboxylic acids is 2. The molecular weight excluding hydrogens is 890 g/mol. The number of anilines is 2. The number of aromatic nitrogens is 4. The fraction of sp³-hybridized carbons (Fsp3) is 0.225. The van der Waals surface area contributed by atoms with Crippen LogP contribution in [-0.4, -0.2) is 82.2 Å². The van der Waals surface area contributed by atoms with Gasteiger partial charge in [-0.05, 0) is 78.7 Å². The van der Waals surface area contributed by atoms with Gasteiger partial charge in [0.05, 0.1) is 56.5 Å². The lowest BCUT2D eigenvalue weighted by Gasteiger charge is -2.36. The average molecular weight is 932 g/mol. The number of imidazole rings is 2. The van der Waals surface area contributed by atoms with Crippen LogP contribution >= 0.6 is 23.2 Å². The monoisotopic (exact) mass is 930 g/mol. The van der Waals surface area contributed by atoms with Crippen molar-refractivity contribution in [1.82, 2.24) is 32.4 Å². The topological polar surface area (TPSA) is 193 Å². The van der Waals surface area contributed by atoms with Gasteiger partial charge in [-0.25, -0.2) is 23.1 Å². The van der Waals surface area contributed by atoms with Crippen LogP contribution < -0.4 is 15.4 Å². The summed E-state index contributed by atoms with van der Waals surface area (Å²) in [4.78, 5) is 34.2. The molecule has 4 aromatic carbocycles. The summed E-state index contributed by atoms with van der Waals surface area (Å²) >= 11 is 11.5. The Morgan fingerprint density at radius 2 is 1.31 bits per heavy atom. The number of carbonyl (C=O) groups is 2. The first-order valence-electron chi connectivity index (χ1n) is 17.7. The summed E-state index contributed by atoms with van der Waals surface area (Å²) in [7, 11) is -1.75. The predicted molar refractivity (Wildman–Crippen MR) is 237 cm³/mol. The normalized spacial score (nSPS) is 18.0. The maximum absolute atomic E-state index is 13.4. The Labute approximate surface area is 367 Å². The Morgan fingerprint density at radius 1 is 0.758 bits per heavy atom. The maximum Gasteiger partial charge on any atom is 0.345 e. The first kappa shape index (κ1) is 47.3. The van der Waals surface area contributed by atoms with Crippen LogP contribution in [0, 0.1) is 11.6 Å². The van der Waals surface area contributed by atoms with E-state index in [1.54, 1.807) is 30.9 Å². The number of halogens is 4. The van der Waals surface area contributed by atoms with E-state index in [2.05, 4.69) is 29.7 Å². The van der Waals surface area contributed by atoms with Crippen LogP contribution in [0.25, 0.3) is 22.1 Å². The van der Waals surface area contributed by atoms with Crippen LogP contribution in [0.5, 0.6) is 0 Å². The number of aryl methyl sites for hydroxylation is 2. The summed E-state index contributed by atoms with van der Waals surface area (Å²) in [6, 6.07) is 16.5. The zero-order valence-electron chi connectivity index (χ0n) is 31.9. The minimum absolute atomic E-state index is 0. The Balaban J connectivity index is 0.000000227. The third-order valence-corrected chi connectivity index (χ3v) is 13.3. The maximum atomic E-state index is 13.4. The highest BCUT2D eigenvalue weighted by Gasteiger charge is 2.41. The van der Waals surface area contributed by atoms with Crippen molar-refractivity contribution < 1.29 is 35.2 Å². The van der Waals surface area contributed by atoms with E-state index in [1.807, 2.05) is 41.4 Å². The van der Waals surface area contributed by atoms with Gasteiger partial charge in [0.1, 0.15) is 23.4 Å². The Morgan fingerprint density at radius 3 is 1.89 bits per heavy atom. The first-order chi connectivity index (χ1) is 28.3. The molecule has 2 atom stereocenters. The number of rotatable bonds is 6. The van der Waals surface area contributed by atoms with Gasteiger partial charge in [0.15, 0.2) is 0 Å². The van der Waals surface area contributed by atoms with E-state index in [0.29, 0.717) is 16.6 Å². The van der Waals surface area contributed by atoms with Gasteiger partial charge < -0.3 is 19.8 Å². The van der Waals surface area contributed by atoms with Gasteiger partial charge in [0.25, 0.3) is 16.1 Å². The number of allylic oxidation sites excluding steroid dienone is 1. The van der Waals surface area contributed by atoms with E-state index in [0.717, 1.165) is 37.3 Å². The Kier molecular flexibility index (Phi) is 14.0. The molecule has 2 amide bonds. The number of hydrogen-bond acceptors (Lipinski definition) is 8. The van der Waals surface area contributed by atoms with Gasteiger partial charge in [-0.3, -0.25) is 9.59 Å². The molecule has 6 aromatic rings. The van der Waals surface area contributed by atoms with Crippen molar-refractivity contribution in [3.05, 3.63) is 130 Å². The van der Waals surface area contributed by atoms with Crippen LogP contribution in [0.4, 0.5) is 20.2 Å². The molecule has 4 heterocycles. The van der Waals surface area contributed by atoms with Crippen LogP contribution in [0.2, 0.25) is 10.0 Å². The molecule has 8 rings (SSSR count). The Bertz CT molecular complexity index is 3010. The highest BCUT2D eigenvalue weighted by molar-refractivity contribution is 7.88. The van der Waals surface area contributed by atoms with Crippen molar-refractivity contribution in [2.45, 2.75) is 33.4 Å². The minimum Gasteiger partial charge on any atom is -0.334 e. The fourth-order valence-electron chi connectivity index (χ4n) is 6.46. The van der Waals surface area contributed by atoms with E-state index < -0.39 is 56.0 Å². The van der Waals surface area contributed by atoms with E-state index in [1.165, 1.54) is 44.4 Å². The SMILES string of the molecule is C.C.CN1C(C(=O)Nc2ccc(F)c(Cl)c2)=CC(c2ccc3c(c2)ncn3C)=NS1(=O)=O.CN1C(C(=O)Nc2ccc(F)c(Cl)c2)CC(c2ccc3c(c2)ncn3C)NS1(=O)=O. The molecule has 2 unspecified atom stereocenters. The number of benzene rings is 4. The van der Waals surface area contributed by atoms with E-state index in [4.69, 9.17) is 23.2 Å². The van der Waals surface area contributed by atoms with Crippen molar-refractivity contribution in [2.75, 3.05) is 24.7 Å². The van der Waals surface area contributed by atoms with Crippen molar-refractivity contribution in [3.63, 3.8) is 0 Å². The molecule has 62 heavy (non-hydrogen) atoms. The second-order valence-electron chi connectivity index (χ2n) is 13.8. The number of nitrogens with zero attached hydrogens (tertiary/aromatic N) is 7. The van der Waals surface area contributed by atoms with Crippen molar-refractivity contribution in [1.29, 1.82) is 0 Å². The summed E-state index contributed by atoms with van der Waals surface area (Å²) in [5, 5.41) is 4.82. The zero-order chi connectivity index (χ0) is 43.3. The lowest BCUT2D eigenvalue weighted by molar-refractivity contribution is -0.120. The molecular formula is C40H42Cl2F2N10O6S2. The molecule has 1 fully saturated rings. The minimum atomic E-state index is -4.13. The number of likely N-dealkylation sites (N-methyl/N-ethyl adjacent to an activating group) is 2. The molecule has 16 nitrogen and oxygen atoms in total. The van der Waals surface area contributed by atoms with Crippen LogP contribution in [0.3, 0.4) is 0 Å². The molecule has 2 aliphatic heterocycles. The first-order valence-corrected chi connectivity index (χ1v) is 21.3. The molecule has 3 N–H and O–H groups in total. The smallest absolute Gasteiger partial charge is 0.334 e. The van der Waals surface area contributed by atoms with Gasteiger partial charge in [0, 0.05) is 45.1 Å². The zero-order valence-corrected chi connectivity index (χ0v) is 35.1. The third kappa shape index (κ3) is 9.64. The number of amides is 2. The van der Waals surface area contributed by atoms with Gasteiger partial charge >= 0.3 is 10.2 Å². The van der Waals surface area contributed by atoms with E-state index in [-0.39, 0.29) is 54.1 Å². The second-order valence-corrected chi connectivity index (χ2v) is 18.0. The molecule has 2 aromatic heterocycles. The summed E-state index contributed by atoms with van der Waals surface area (Å²) in [5.74, 6) is -2.49. The van der Waals surface area contributed by atoms with Crippen molar-refractivity contribution in [3.8, 4) is 0 Å². The molecule has 0 bridgehead atoms. The highest BCUT2D eigenvalue weighted by Crippen LogP contribution is 2.31. The largest absolute Gasteiger partial charge is 0.345 e. The lowest BCUT2D eigenvalue weighted by Crippen LogP contribution is -2.55. The van der Waals surface area contributed by atoms with Crippen LogP contribution in [0.1, 0.15) is 38.4 Å². The predicted octanol–water partition coefficient (Wildman–Crippen LogP) is 6.72. The summed E-state index contributed by atoms with van der Waals surface area (Å²) in [5.41, 5.74) is 4.82. The van der Waals surface area contributed by atoms with Gasteiger partial charge in [0.2, 0.25) is 5.91 Å². The second kappa shape index (κ2) is 18.3. The standard InChI is InChI=1S/C19H19ClFN5O3S.C19H15ClFN5O3S.2CH4/c2*1-25-10-22-16-7-11(3-6-17(16)25)15-9-18(26(2)30(28,29)24-15)19(27)23-12-4-5-14(21)13(20)8-12;;/h3-8,10,15,18,24H,9H2,1-2H3,(H,23,27);3-10H,1-2H3,(H,23,27);2*1H4. The van der Waals surface area contributed by atoms with Crippen LogP contribution in [-0.2, 0) is 44.1 Å². The van der Waals surface area contributed by atoms with E-state index >= 15 is 0 Å². The number of fused-ring (bicyclic) bond motifs is 2. The average Bonchev–Trinajstić information content (AvgIpc) is 3.77. The molecule has 0 spiro atoms. The summed E-state index contributed by atoms with van der Waals surface area (Å²) in [6.45, 7) is 0. The number of hydrogen-bond donors (Lipinski definition) is 3. The lowest BCUT2D eigenvalue weighted by atomic mass is 9.99. The van der Waals surface area contributed by atoms with Crippen molar-refractivity contribution in [2.24, 2.45) is 18.5 Å². The molecule has 0 saturated carbocycles. The van der Waals surface area contributed by atoms with Crippen LogP contribution in [0.15, 0.2) is 102 Å². The molecule has 328 valence electrons. The summed E-state index contributed by atoms with van der Waals surface area (Å²) < 4.78 is 88.9. The summed E-state index contributed by atoms with van der Waals surface area (Å²) in [6.07, 6.45) is 4.89. The van der Waals surface area contributed by atoms with Gasteiger partial charge in [-0.2, -0.15) is 25.9 Å². The van der Waals surface area contributed by atoms with Gasteiger partial charge in [-0.15, -0.1) is 4.40 Å². The van der Waals surface area contributed by atoms with Gasteiger partial charge in [-0.1, -0.05) is 50.2 Å². The third-order valence-electron chi connectivity index (χ3n) is 9.81. The fourth-order valence-corrected chi connectivity index (χ4v) is 9.01. The number of nitrogens with one attached hydrogen (secondary N) is 3. The molecule has 0 aliphatic carbocycles. The van der Waals surface area contributed by atoms with Crippen molar-refractivity contribution >= 4 is 94.6 Å². The molecule has 0 radical (unpaired) electrons. The molecule has 22 heteroatoms. The molecule has 1 saturated heterocycles. The highest BCUT2D eigenvalue weighted by atomic mass is 35.5. The molecule has 2 aliphatic rings. The van der Waals surface area contributed by atoms with E-state index in [9.17, 15) is 35.2 Å². The Hall–Kier alpha value is -5.77. The quantitative estimate of drug-likeness (QED) is 0.164.